The first-order chi connectivity index (χ1) is 12.0. The zero-order chi connectivity index (χ0) is 19.5. The average molecular weight is 352 g/mol. The van der Waals surface area contributed by atoms with Crippen molar-refractivity contribution in [1.29, 1.82) is 0 Å². The molecule has 2 rings (SSSR count). The van der Waals surface area contributed by atoms with Gasteiger partial charge in [-0.25, -0.2) is 0 Å². The molecule has 0 aliphatic carbocycles. The minimum Gasteiger partial charge on any atom is -0.507 e. The smallest absolute Gasteiger partial charge is 0.124 e. The van der Waals surface area contributed by atoms with Gasteiger partial charge in [-0.05, 0) is 65.8 Å². The molecular formula is C22H28N2O2. The second-order valence-electron chi connectivity index (χ2n) is 7.55. The van der Waals surface area contributed by atoms with Crippen LogP contribution >= 0.6 is 0 Å². The predicted molar refractivity (Wildman–Crippen MR) is 109 cm³/mol. The molecule has 2 aromatic carbocycles. The van der Waals surface area contributed by atoms with E-state index in [2.05, 4.69) is 0 Å². The van der Waals surface area contributed by atoms with Gasteiger partial charge in [0.15, 0.2) is 0 Å². The zero-order valence-corrected chi connectivity index (χ0v) is 16.4. The zero-order valence-electron chi connectivity index (χ0n) is 16.4. The van der Waals surface area contributed by atoms with Crippen molar-refractivity contribution in [2.45, 2.75) is 52.6 Å². The van der Waals surface area contributed by atoms with E-state index in [1.54, 1.807) is 24.3 Å². The Morgan fingerprint density at radius 1 is 0.654 bits per heavy atom. The molecule has 0 saturated carbocycles. The van der Waals surface area contributed by atoms with Crippen molar-refractivity contribution in [3.63, 3.8) is 0 Å². The summed E-state index contributed by atoms with van der Waals surface area (Å²) in [5, 5.41) is 20.1. The van der Waals surface area contributed by atoms with Gasteiger partial charge in [-0.15, -0.1) is 0 Å². The van der Waals surface area contributed by atoms with Gasteiger partial charge in [-0.3, -0.25) is 9.98 Å². The summed E-state index contributed by atoms with van der Waals surface area (Å²) in [5.74, 6) is 0.437. The first-order valence-corrected chi connectivity index (χ1v) is 8.75. The average Bonchev–Trinajstić information content (AvgIpc) is 2.54. The molecule has 0 spiro atoms. The second kappa shape index (κ2) is 7.32. The third-order valence-electron chi connectivity index (χ3n) is 4.98. The summed E-state index contributed by atoms with van der Waals surface area (Å²) in [6.07, 6.45) is 0. The van der Waals surface area contributed by atoms with Gasteiger partial charge in [0.2, 0.25) is 0 Å². The van der Waals surface area contributed by atoms with Crippen molar-refractivity contribution in [3.05, 3.63) is 59.7 Å². The Hall–Kier alpha value is -2.62. The number of phenolic OH excluding ortho intramolecular Hbond substituents is 2. The number of benzene rings is 2. The van der Waals surface area contributed by atoms with Crippen LogP contribution in [-0.2, 0) is 0 Å². The van der Waals surface area contributed by atoms with Crippen LogP contribution in [-0.4, -0.2) is 32.7 Å². The van der Waals surface area contributed by atoms with E-state index in [-0.39, 0.29) is 11.5 Å². The first-order valence-electron chi connectivity index (χ1n) is 8.75. The molecule has 0 atom stereocenters. The van der Waals surface area contributed by atoms with Gasteiger partial charge in [0, 0.05) is 22.6 Å². The fourth-order valence-corrected chi connectivity index (χ4v) is 2.79. The molecule has 0 aliphatic rings. The Kier molecular flexibility index (Phi) is 5.55. The standard InChI is InChI=1S/C22H28N2O2/c1-15(17-11-7-9-13-19(17)25)23-21(3,4)22(5,6)24-16(2)18-12-8-10-14-20(18)26/h7-14,25-26H,1-6H3. The Bertz CT molecular complexity index is 777. The number of hydrogen-bond donors (Lipinski definition) is 2. The fraction of sp³-hybridized carbons (Fsp3) is 0.364. The van der Waals surface area contributed by atoms with Crippen LogP contribution in [0, 0.1) is 0 Å². The van der Waals surface area contributed by atoms with Crippen LogP contribution in [0.1, 0.15) is 52.7 Å². The van der Waals surface area contributed by atoms with Crippen LogP contribution in [0.2, 0.25) is 0 Å². The first kappa shape index (κ1) is 19.7. The molecule has 0 fully saturated rings. The number of nitrogens with zero attached hydrogens (tertiary/aromatic N) is 2. The fourth-order valence-electron chi connectivity index (χ4n) is 2.79. The van der Waals surface area contributed by atoms with Crippen LogP contribution in [0.4, 0.5) is 0 Å². The topological polar surface area (TPSA) is 65.2 Å². The van der Waals surface area contributed by atoms with Crippen molar-refractivity contribution in [1.82, 2.24) is 0 Å². The number of rotatable bonds is 5. The van der Waals surface area contributed by atoms with Crippen molar-refractivity contribution >= 4 is 11.4 Å². The van der Waals surface area contributed by atoms with E-state index in [4.69, 9.17) is 9.98 Å². The molecule has 0 aliphatic heterocycles. The SMILES string of the molecule is CC(=NC(C)(C)C(C)(C)N=C(C)c1ccccc1O)c1ccccc1O. The van der Waals surface area contributed by atoms with Crippen LogP contribution in [0.3, 0.4) is 0 Å². The highest BCUT2D eigenvalue weighted by atomic mass is 16.3. The van der Waals surface area contributed by atoms with Gasteiger partial charge in [0.1, 0.15) is 11.5 Å². The summed E-state index contributed by atoms with van der Waals surface area (Å²) < 4.78 is 0. The van der Waals surface area contributed by atoms with Crippen molar-refractivity contribution in [2.75, 3.05) is 0 Å². The van der Waals surface area contributed by atoms with Gasteiger partial charge < -0.3 is 10.2 Å². The number of phenols is 2. The quantitative estimate of drug-likeness (QED) is 0.746. The molecule has 0 heterocycles. The van der Waals surface area contributed by atoms with Crippen LogP contribution in [0.25, 0.3) is 0 Å². The Morgan fingerprint density at radius 2 is 0.962 bits per heavy atom. The molecule has 2 N–H and O–H groups in total. The van der Waals surface area contributed by atoms with Gasteiger partial charge in [0.05, 0.1) is 11.1 Å². The molecule has 2 aromatic rings. The van der Waals surface area contributed by atoms with Gasteiger partial charge in [-0.2, -0.15) is 0 Å². The molecule has 0 amide bonds. The number of aliphatic imine (C=N–C) groups is 2. The Balaban J connectivity index is 2.40. The van der Waals surface area contributed by atoms with E-state index in [9.17, 15) is 10.2 Å². The Morgan fingerprint density at radius 3 is 1.27 bits per heavy atom. The predicted octanol–water partition coefficient (Wildman–Crippen LogP) is 4.97. The van der Waals surface area contributed by atoms with Crippen LogP contribution < -0.4 is 0 Å². The van der Waals surface area contributed by atoms with Crippen molar-refractivity contribution in [2.24, 2.45) is 9.98 Å². The molecule has 0 unspecified atom stereocenters. The van der Waals surface area contributed by atoms with Gasteiger partial charge in [0.25, 0.3) is 0 Å². The van der Waals surface area contributed by atoms with E-state index in [0.29, 0.717) is 0 Å². The summed E-state index contributed by atoms with van der Waals surface area (Å²) in [4.78, 5) is 9.74. The van der Waals surface area contributed by atoms with E-state index >= 15 is 0 Å². The van der Waals surface area contributed by atoms with Crippen molar-refractivity contribution < 1.29 is 10.2 Å². The normalized spacial score (nSPS) is 13.8. The molecule has 4 nitrogen and oxygen atoms in total. The minimum atomic E-state index is -0.523. The molecule has 0 bridgehead atoms. The molecule has 0 saturated heterocycles. The monoisotopic (exact) mass is 352 g/mol. The Labute approximate surface area is 156 Å². The van der Waals surface area contributed by atoms with Crippen LogP contribution in [0.5, 0.6) is 11.5 Å². The van der Waals surface area contributed by atoms with Crippen molar-refractivity contribution in [3.8, 4) is 11.5 Å². The third-order valence-corrected chi connectivity index (χ3v) is 4.98. The summed E-state index contributed by atoms with van der Waals surface area (Å²) in [6.45, 7) is 11.9. The summed E-state index contributed by atoms with van der Waals surface area (Å²) in [7, 11) is 0. The number of hydrogen-bond acceptors (Lipinski definition) is 4. The molecule has 4 heteroatoms. The summed E-state index contributed by atoms with van der Waals surface area (Å²) in [5.41, 5.74) is 1.92. The molecular weight excluding hydrogens is 324 g/mol. The van der Waals surface area contributed by atoms with Gasteiger partial charge >= 0.3 is 0 Å². The lowest BCUT2D eigenvalue weighted by molar-refractivity contribution is 0.315. The van der Waals surface area contributed by atoms with Gasteiger partial charge in [-0.1, -0.05) is 24.3 Å². The highest BCUT2D eigenvalue weighted by Gasteiger charge is 2.37. The van der Waals surface area contributed by atoms with E-state index in [1.807, 2.05) is 65.8 Å². The third kappa shape index (κ3) is 4.13. The maximum atomic E-state index is 10.1. The van der Waals surface area contributed by atoms with E-state index < -0.39 is 11.1 Å². The van der Waals surface area contributed by atoms with Crippen LogP contribution in [0.15, 0.2) is 58.5 Å². The maximum Gasteiger partial charge on any atom is 0.124 e. The highest BCUT2D eigenvalue weighted by Crippen LogP contribution is 2.32. The molecule has 0 aromatic heterocycles. The molecule has 26 heavy (non-hydrogen) atoms. The lowest BCUT2D eigenvalue weighted by atomic mass is 9.83. The lowest BCUT2D eigenvalue weighted by Crippen LogP contribution is -2.43. The second-order valence-corrected chi connectivity index (χ2v) is 7.55. The summed E-state index contributed by atoms with van der Waals surface area (Å²) in [6, 6.07) is 14.4. The highest BCUT2D eigenvalue weighted by molar-refractivity contribution is 6.02. The number of aromatic hydroxyl groups is 2. The van der Waals surface area contributed by atoms with E-state index in [1.165, 1.54) is 0 Å². The summed E-state index contributed by atoms with van der Waals surface area (Å²) >= 11 is 0. The molecule has 138 valence electrons. The molecule has 0 radical (unpaired) electrons. The lowest BCUT2D eigenvalue weighted by Gasteiger charge is -2.36. The van der Waals surface area contributed by atoms with E-state index in [0.717, 1.165) is 22.6 Å². The number of para-hydroxylation sites is 2. The minimum absolute atomic E-state index is 0.219. The maximum absolute atomic E-state index is 10.1. The largest absolute Gasteiger partial charge is 0.507 e.